The Morgan fingerprint density at radius 1 is 0.889 bits per heavy atom. The van der Waals surface area contributed by atoms with E-state index in [0.717, 1.165) is 16.9 Å². The highest BCUT2D eigenvalue weighted by Crippen LogP contribution is 2.28. The second-order valence-electron chi connectivity index (χ2n) is 6.20. The van der Waals surface area contributed by atoms with Gasteiger partial charge in [-0.1, -0.05) is 24.3 Å². The Morgan fingerprint density at radius 3 is 2.15 bits per heavy atom. The predicted molar refractivity (Wildman–Crippen MR) is 109 cm³/mol. The number of hydrogen-bond donors (Lipinski definition) is 1. The van der Waals surface area contributed by atoms with E-state index in [4.69, 9.17) is 4.74 Å². The molecule has 0 saturated carbocycles. The van der Waals surface area contributed by atoms with E-state index in [1.807, 2.05) is 67.4 Å². The van der Waals surface area contributed by atoms with Crippen LogP contribution in [0.15, 0.2) is 77.7 Å². The number of nitrogens with one attached hydrogen (secondary N) is 1. The Bertz CT molecular complexity index is 1020. The normalized spacial score (nSPS) is 11.1. The molecule has 6 heteroatoms. The van der Waals surface area contributed by atoms with Crippen LogP contribution >= 0.6 is 0 Å². The number of rotatable bonds is 6. The molecule has 0 spiro atoms. The molecule has 3 rings (SSSR count). The van der Waals surface area contributed by atoms with E-state index < -0.39 is 10.0 Å². The van der Waals surface area contributed by atoms with Gasteiger partial charge in [0.15, 0.2) is 0 Å². The van der Waals surface area contributed by atoms with Crippen LogP contribution < -0.4 is 14.4 Å². The van der Waals surface area contributed by atoms with E-state index in [0.29, 0.717) is 11.4 Å². The molecular weight excluding hydrogens is 360 g/mol. The third-order valence-corrected chi connectivity index (χ3v) is 5.66. The first-order valence-corrected chi connectivity index (χ1v) is 9.95. The third-order valence-electron chi connectivity index (χ3n) is 4.26. The zero-order valence-electron chi connectivity index (χ0n) is 15.5. The molecule has 0 fully saturated rings. The lowest BCUT2D eigenvalue weighted by atomic mass is 10.2. The second-order valence-corrected chi connectivity index (χ2v) is 7.85. The van der Waals surface area contributed by atoms with E-state index >= 15 is 0 Å². The van der Waals surface area contributed by atoms with Gasteiger partial charge in [-0.3, -0.25) is 4.72 Å². The maximum Gasteiger partial charge on any atom is 0.265 e. The second kappa shape index (κ2) is 7.72. The fraction of sp³-hybridized carbons (Fsp3) is 0.143. The molecule has 0 amide bonds. The summed E-state index contributed by atoms with van der Waals surface area (Å²) >= 11 is 0. The molecule has 0 atom stereocenters. The fourth-order valence-corrected chi connectivity index (χ4v) is 4.07. The Balaban J connectivity index is 1.83. The largest absolute Gasteiger partial charge is 0.495 e. The smallest absolute Gasteiger partial charge is 0.265 e. The maximum atomic E-state index is 12.8. The van der Waals surface area contributed by atoms with Crippen LogP contribution in [0.5, 0.6) is 5.75 Å². The molecule has 0 aromatic heterocycles. The molecule has 1 N–H and O–H groups in total. The van der Waals surface area contributed by atoms with Gasteiger partial charge in [-0.15, -0.1) is 0 Å². The van der Waals surface area contributed by atoms with Gasteiger partial charge in [-0.05, 0) is 61.0 Å². The summed E-state index contributed by atoms with van der Waals surface area (Å²) in [5.74, 6) is 0.313. The third kappa shape index (κ3) is 4.23. The first-order valence-electron chi connectivity index (χ1n) is 8.47. The summed E-state index contributed by atoms with van der Waals surface area (Å²) in [5.41, 5.74) is 3.34. The Hall–Kier alpha value is -2.99. The van der Waals surface area contributed by atoms with Crippen molar-refractivity contribution in [3.05, 3.63) is 78.4 Å². The number of ether oxygens (including phenoxy) is 1. The monoisotopic (exact) mass is 382 g/mol. The van der Waals surface area contributed by atoms with E-state index in [1.165, 1.54) is 7.11 Å². The van der Waals surface area contributed by atoms with Crippen molar-refractivity contribution in [1.82, 2.24) is 0 Å². The average Bonchev–Trinajstić information content (AvgIpc) is 2.68. The highest BCUT2D eigenvalue weighted by Gasteiger charge is 2.20. The molecule has 27 heavy (non-hydrogen) atoms. The number of sulfonamides is 1. The number of aryl methyl sites for hydroxylation is 1. The van der Waals surface area contributed by atoms with Gasteiger partial charge in [0.1, 0.15) is 10.6 Å². The van der Waals surface area contributed by atoms with E-state index in [9.17, 15) is 8.42 Å². The Morgan fingerprint density at radius 2 is 1.52 bits per heavy atom. The molecule has 0 radical (unpaired) electrons. The Labute approximate surface area is 160 Å². The van der Waals surface area contributed by atoms with Crippen LogP contribution in [0.2, 0.25) is 0 Å². The fourth-order valence-electron chi connectivity index (χ4n) is 2.76. The number of anilines is 3. The van der Waals surface area contributed by atoms with Gasteiger partial charge in [0.05, 0.1) is 7.11 Å². The zero-order chi connectivity index (χ0) is 19.4. The molecule has 3 aromatic rings. The number of nitrogens with zero attached hydrogens (tertiary/aromatic N) is 1. The van der Waals surface area contributed by atoms with Gasteiger partial charge < -0.3 is 9.64 Å². The standard InChI is InChI=1S/C21H22N2O3S/c1-16-9-14-20(26-3)21(15-16)27(24,25)22-17-10-12-19(13-11-17)23(2)18-7-5-4-6-8-18/h4-15,22H,1-3H3. The zero-order valence-corrected chi connectivity index (χ0v) is 16.3. The summed E-state index contributed by atoms with van der Waals surface area (Å²) in [6.07, 6.45) is 0. The minimum atomic E-state index is -3.75. The van der Waals surface area contributed by atoms with Crippen LogP contribution in [0.1, 0.15) is 5.56 Å². The molecular formula is C21H22N2O3S. The molecule has 0 aliphatic heterocycles. The highest BCUT2D eigenvalue weighted by molar-refractivity contribution is 7.92. The van der Waals surface area contributed by atoms with Crippen molar-refractivity contribution in [2.75, 3.05) is 23.8 Å². The van der Waals surface area contributed by atoms with Gasteiger partial charge in [0.25, 0.3) is 10.0 Å². The van der Waals surface area contributed by atoms with Crippen LogP contribution in [0, 0.1) is 6.92 Å². The SMILES string of the molecule is COc1ccc(C)cc1S(=O)(=O)Nc1ccc(N(C)c2ccccc2)cc1. The lowest BCUT2D eigenvalue weighted by Gasteiger charge is -2.20. The van der Waals surface area contributed by atoms with Crippen molar-refractivity contribution >= 4 is 27.1 Å². The van der Waals surface area contributed by atoms with Gasteiger partial charge in [-0.25, -0.2) is 8.42 Å². The van der Waals surface area contributed by atoms with Gasteiger partial charge in [0.2, 0.25) is 0 Å². The lowest BCUT2D eigenvalue weighted by Crippen LogP contribution is -2.14. The highest BCUT2D eigenvalue weighted by atomic mass is 32.2. The molecule has 0 aliphatic rings. The molecule has 0 aliphatic carbocycles. The molecule has 5 nitrogen and oxygen atoms in total. The summed E-state index contributed by atoms with van der Waals surface area (Å²) in [5, 5.41) is 0. The van der Waals surface area contributed by atoms with Crippen LogP contribution in [0.4, 0.5) is 17.1 Å². The molecule has 0 heterocycles. The van der Waals surface area contributed by atoms with Crippen LogP contribution in [0.3, 0.4) is 0 Å². The molecule has 0 unspecified atom stereocenters. The van der Waals surface area contributed by atoms with Crippen molar-refractivity contribution in [2.24, 2.45) is 0 Å². The van der Waals surface area contributed by atoms with Crippen LogP contribution in [-0.4, -0.2) is 22.6 Å². The van der Waals surface area contributed by atoms with Crippen molar-refractivity contribution in [2.45, 2.75) is 11.8 Å². The quantitative estimate of drug-likeness (QED) is 0.678. The van der Waals surface area contributed by atoms with Gasteiger partial charge >= 0.3 is 0 Å². The van der Waals surface area contributed by atoms with Crippen molar-refractivity contribution in [1.29, 1.82) is 0 Å². The van der Waals surface area contributed by atoms with Crippen molar-refractivity contribution in [3.8, 4) is 5.75 Å². The minimum absolute atomic E-state index is 0.121. The Kier molecular flexibility index (Phi) is 5.37. The van der Waals surface area contributed by atoms with Crippen LogP contribution in [0.25, 0.3) is 0 Å². The first kappa shape index (κ1) is 18.8. The number of para-hydroxylation sites is 1. The average molecular weight is 382 g/mol. The minimum Gasteiger partial charge on any atom is -0.495 e. The summed E-state index contributed by atoms with van der Waals surface area (Å²) in [4.78, 5) is 2.15. The van der Waals surface area contributed by atoms with Crippen molar-refractivity contribution in [3.63, 3.8) is 0 Å². The summed E-state index contributed by atoms with van der Waals surface area (Å²) in [7, 11) is -0.332. The summed E-state index contributed by atoms with van der Waals surface area (Å²) < 4.78 is 33.4. The van der Waals surface area contributed by atoms with Crippen LogP contribution in [-0.2, 0) is 10.0 Å². The van der Waals surface area contributed by atoms with E-state index in [2.05, 4.69) is 4.72 Å². The van der Waals surface area contributed by atoms with Gasteiger partial charge in [-0.2, -0.15) is 0 Å². The number of hydrogen-bond acceptors (Lipinski definition) is 4. The molecule has 0 bridgehead atoms. The first-order chi connectivity index (χ1) is 12.9. The molecule has 0 saturated heterocycles. The predicted octanol–water partition coefficient (Wildman–Crippen LogP) is 4.57. The van der Waals surface area contributed by atoms with Crippen molar-refractivity contribution < 1.29 is 13.2 Å². The molecule has 3 aromatic carbocycles. The number of methoxy groups -OCH3 is 1. The topological polar surface area (TPSA) is 58.6 Å². The molecule has 140 valence electrons. The van der Waals surface area contributed by atoms with Gasteiger partial charge in [0, 0.05) is 24.1 Å². The summed E-state index contributed by atoms with van der Waals surface area (Å²) in [6, 6.07) is 22.2. The summed E-state index contributed by atoms with van der Waals surface area (Å²) in [6.45, 7) is 1.84. The lowest BCUT2D eigenvalue weighted by molar-refractivity contribution is 0.402. The van der Waals surface area contributed by atoms with E-state index in [-0.39, 0.29) is 4.90 Å². The number of benzene rings is 3. The van der Waals surface area contributed by atoms with E-state index in [1.54, 1.807) is 24.3 Å². The maximum absolute atomic E-state index is 12.8.